The normalized spacial score (nSPS) is 24.8. The first-order chi connectivity index (χ1) is 10.9. The maximum atomic E-state index is 13.3. The Morgan fingerprint density at radius 3 is 3.00 bits per heavy atom. The van der Waals surface area contributed by atoms with Gasteiger partial charge in [0.2, 0.25) is 5.91 Å². The van der Waals surface area contributed by atoms with Gasteiger partial charge in [-0.2, -0.15) is 0 Å². The standard InChI is InChI=1S/C18H23FN2O2/c1-11-13-9-12(19)6-7-15(13)23-16(11)10-21-17(22)14-5-3-4-8-18(14,2)20/h6-7,9,14H,3-5,8,10,20H2,1-2H3,(H,21,22). The van der Waals surface area contributed by atoms with Crippen molar-refractivity contribution in [3.63, 3.8) is 0 Å². The van der Waals surface area contributed by atoms with Crippen molar-refractivity contribution in [1.82, 2.24) is 5.32 Å². The van der Waals surface area contributed by atoms with E-state index in [0.29, 0.717) is 17.9 Å². The topological polar surface area (TPSA) is 68.3 Å². The molecule has 124 valence electrons. The van der Waals surface area contributed by atoms with Crippen LogP contribution in [0.1, 0.15) is 43.9 Å². The average Bonchev–Trinajstić information content (AvgIpc) is 2.81. The molecule has 1 aromatic heterocycles. The van der Waals surface area contributed by atoms with E-state index >= 15 is 0 Å². The Morgan fingerprint density at radius 2 is 2.26 bits per heavy atom. The summed E-state index contributed by atoms with van der Waals surface area (Å²) in [6, 6.07) is 4.44. The van der Waals surface area contributed by atoms with E-state index in [1.165, 1.54) is 12.1 Å². The third kappa shape index (κ3) is 3.11. The Kier molecular flexibility index (Phi) is 4.15. The van der Waals surface area contributed by atoms with Crippen LogP contribution in [0.2, 0.25) is 0 Å². The summed E-state index contributed by atoms with van der Waals surface area (Å²) in [6.45, 7) is 4.12. The molecule has 1 fully saturated rings. The number of hydrogen-bond donors (Lipinski definition) is 2. The number of aryl methyl sites for hydroxylation is 1. The van der Waals surface area contributed by atoms with Crippen LogP contribution in [0.15, 0.2) is 22.6 Å². The van der Waals surface area contributed by atoms with Gasteiger partial charge in [-0.05, 0) is 44.9 Å². The Bertz CT molecular complexity index is 736. The first-order valence-corrected chi connectivity index (χ1v) is 8.12. The van der Waals surface area contributed by atoms with Gasteiger partial charge in [-0.3, -0.25) is 4.79 Å². The molecule has 23 heavy (non-hydrogen) atoms. The number of nitrogens with two attached hydrogens (primary N) is 1. The lowest BCUT2D eigenvalue weighted by Gasteiger charge is -2.37. The molecule has 0 saturated heterocycles. The number of halogens is 1. The number of benzene rings is 1. The van der Waals surface area contributed by atoms with Crippen LogP contribution < -0.4 is 11.1 Å². The first-order valence-electron chi connectivity index (χ1n) is 8.12. The molecule has 0 spiro atoms. The van der Waals surface area contributed by atoms with Crippen LogP contribution in [0.4, 0.5) is 4.39 Å². The molecule has 1 heterocycles. The molecule has 2 atom stereocenters. The average molecular weight is 318 g/mol. The lowest BCUT2D eigenvalue weighted by molar-refractivity contribution is -0.128. The molecule has 4 nitrogen and oxygen atoms in total. The summed E-state index contributed by atoms with van der Waals surface area (Å²) >= 11 is 0. The molecule has 1 aromatic carbocycles. The minimum absolute atomic E-state index is 0.0271. The van der Waals surface area contributed by atoms with Crippen molar-refractivity contribution in [2.45, 2.75) is 51.6 Å². The smallest absolute Gasteiger partial charge is 0.225 e. The summed E-state index contributed by atoms with van der Waals surface area (Å²) in [5, 5.41) is 3.68. The van der Waals surface area contributed by atoms with E-state index < -0.39 is 5.54 Å². The summed E-state index contributed by atoms with van der Waals surface area (Å²) in [6.07, 6.45) is 3.80. The van der Waals surface area contributed by atoms with Crippen molar-refractivity contribution in [2.75, 3.05) is 0 Å². The summed E-state index contributed by atoms with van der Waals surface area (Å²) in [5.41, 5.74) is 7.32. The molecule has 0 radical (unpaired) electrons. The molecule has 1 saturated carbocycles. The van der Waals surface area contributed by atoms with E-state index in [2.05, 4.69) is 5.32 Å². The lowest BCUT2D eigenvalue weighted by atomic mass is 9.74. The van der Waals surface area contributed by atoms with E-state index in [1.54, 1.807) is 6.07 Å². The van der Waals surface area contributed by atoms with Gasteiger partial charge in [0.15, 0.2) is 0 Å². The third-order valence-corrected chi connectivity index (χ3v) is 4.99. The largest absolute Gasteiger partial charge is 0.459 e. The van der Waals surface area contributed by atoms with Crippen molar-refractivity contribution >= 4 is 16.9 Å². The highest BCUT2D eigenvalue weighted by molar-refractivity contribution is 5.83. The highest BCUT2D eigenvalue weighted by atomic mass is 19.1. The zero-order valence-electron chi connectivity index (χ0n) is 13.6. The van der Waals surface area contributed by atoms with Crippen LogP contribution in [0, 0.1) is 18.7 Å². The molecule has 3 rings (SSSR count). The number of fused-ring (bicyclic) bond motifs is 1. The Labute approximate surface area is 135 Å². The molecule has 5 heteroatoms. The zero-order chi connectivity index (χ0) is 16.6. The Balaban J connectivity index is 1.73. The lowest BCUT2D eigenvalue weighted by Crippen LogP contribution is -2.52. The zero-order valence-corrected chi connectivity index (χ0v) is 13.6. The second-order valence-corrected chi connectivity index (χ2v) is 6.81. The Morgan fingerprint density at radius 1 is 1.48 bits per heavy atom. The fourth-order valence-corrected chi connectivity index (χ4v) is 3.49. The number of furan rings is 1. The summed E-state index contributed by atoms with van der Waals surface area (Å²) < 4.78 is 19.1. The van der Waals surface area contributed by atoms with Crippen molar-refractivity contribution < 1.29 is 13.6 Å². The van der Waals surface area contributed by atoms with E-state index in [0.717, 1.165) is 36.6 Å². The second kappa shape index (κ2) is 5.96. The number of rotatable bonds is 3. The second-order valence-electron chi connectivity index (χ2n) is 6.81. The maximum Gasteiger partial charge on any atom is 0.225 e. The van der Waals surface area contributed by atoms with E-state index in [-0.39, 0.29) is 17.6 Å². The Hall–Kier alpha value is -1.88. The van der Waals surface area contributed by atoms with Gasteiger partial charge < -0.3 is 15.5 Å². The number of hydrogen-bond acceptors (Lipinski definition) is 3. The van der Waals surface area contributed by atoms with Crippen LogP contribution in [0.3, 0.4) is 0 Å². The summed E-state index contributed by atoms with van der Waals surface area (Å²) in [4.78, 5) is 12.5. The van der Waals surface area contributed by atoms with Crippen LogP contribution in [0.25, 0.3) is 11.0 Å². The molecule has 2 unspecified atom stereocenters. The molecule has 1 aliphatic rings. The fraction of sp³-hybridized carbons (Fsp3) is 0.500. The quantitative estimate of drug-likeness (QED) is 0.911. The molecule has 0 aliphatic heterocycles. The summed E-state index contributed by atoms with van der Waals surface area (Å²) in [5.74, 6) is 0.172. The van der Waals surface area contributed by atoms with Gasteiger partial charge in [0.25, 0.3) is 0 Å². The van der Waals surface area contributed by atoms with Crippen molar-refractivity contribution in [1.29, 1.82) is 0 Å². The molecule has 1 amide bonds. The van der Waals surface area contributed by atoms with Gasteiger partial charge in [0, 0.05) is 16.5 Å². The molecule has 1 aliphatic carbocycles. The molecule has 2 aromatic rings. The predicted octanol–water partition coefficient (Wildman–Crippen LogP) is 3.40. The van der Waals surface area contributed by atoms with Crippen LogP contribution in [-0.4, -0.2) is 11.4 Å². The molecule has 0 bridgehead atoms. The first kappa shape index (κ1) is 16.0. The minimum Gasteiger partial charge on any atom is -0.459 e. The number of carbonyl (C=O) groups excluding carboxylic acids is 1. The fourth-order valence-electron chi connectivity index (χ4n) is 3.49. The number of carbonyl (C=O) groups is 1. The number of amides is 1. The van der Waals surface area contributed by atoms with Gasteiger partial charge >= 0.3 is 0 Å². The van der Waals surface area contributed by atoms with Crippen molar-refractivity contribution in [3.05, 3.63) is 35.3 Å². The van der Waals surface area contributed by atoms with E-state index in [1.807, 2.05) is 13.8 Å². The minimum atomic E-state index is -0.450. The van der Waals surface area contributed by atoms with Crippen LogP contribution in [0.5, 0.6) is 0 Å². The molecule has 3 N–H and O–H groups in total. The van der Waals surface area contributed by atoms with E-state index in [9.17, 15) is 9.18 Å². The van der Waals surface area contributed by atoms with E-state index in [4.69, 9.17) is 10.2 Å². The SMILES string of the molecule is Cc1c(CNC(=O)C2CCCCC2(C)N)oc2ccc(F)cc12. The van der Waals surface area contributed by atoms with Crippen molar-refractivity contribution in [2.24, 2.45) is 11.7 Å². The predicted molar refractivity (Wildman–Crippen MR) is 87.3 cm³/mol. The molecular formula is C18H23FN2O2. The van der Waals surface area contributed by atoms with Gasteiger partial charge in [-0.1, -0.05) is 12.8 Å². The highest BCUT2D eigenvalue weighted by Gasteiger charge is 2.37. The monoisotopic (exact) mass is 318 g/mol. The highest BCUT2D eigenvalue weighted by Crippen LogP contribution is 2.32. The van der Waals surface area contributed by atoms with Crippen LogP contribution in [-0.2, 0) is 11.3 Å². The third-order valence-electron chi connectivity index (χ3n) is 4.99. The number of nitrogens with one attached hydrogen (secondary N) is 1. The van der Waals surface area contributed by atoms with Gasteiger partial charge in [-0.15, -0.1) is 0 Å². The van der Waals surface area contributed by atoms with Crippen molar-refractivity contribution in [3.8, 4) is 0 Å². The van der Waals surface area contributed by atoms with Gasteiger partial charge in [0.05, 0.1) is 12.5 Å². The maximum absolute atomic E-state index is 13.3. The van der Waals surface area contributed by atoms with Gasteiger partial charge in [0.1, 0.15) is 17.2 Å². The molecular weight excluding hydrogens is 295 g/mol. The van der Waals surface area contributed by atoms with Crippen LogP contribution >= 0.6 is 0 Å². The van der Waals surface area contributed by atoms with Gasteiger partial charge in [-0.25, -0.2) is 4.39 Å². The summed E-state index contributed by atoms with van der Waals surface area (Å²) in [7, 11) is 0.